The van der Waals surface area contributed by atoms with Crippen LogP contribution >= 0.6 is 0 Å². The average molecular weight is 280 g/mol. The summed E-state index contributed by atoms with van der Waals surface area (Å²) in [6.07, 6.45) is 1.76. The fourth-order valence-corrected chi connectivity index (χ4v) is 2.36. The highest BCUT2D eigenvalue weighted by Gasteiger charge is 2.09. The van der Waals surface area contributed by atoms with Gasteiger partial charge in [-0.3, -0.25) is 4.79 Å². The zero-order chi connectivity index (χ0) is 14.7. The number of nitrogens with zero attached hydrogens (tertiary/aromatic N) is 1. The molecule has 1 amide bonds. The van der Waals surface area contributed by atoms with Gasteiger partial charge in [-0.1, -0.05) is 35.5 Å². The summed E-state index contributed by atoms with van der Waals surface area (Å²) in [7, 11) is 0. The Balaban J connectivity index is 1.79. The molecule has 21 heavy (non-hydrogen) atoms. The van der Waals surface area contributed by atoms with Crippen LogP contribution in [0.5, 0.6) is 0 Å². The van der Waals surface area contributed by atoms with Crippen LogP contribution in [0.3, 0.4) is 0 Å². The quantitative estimate of drug-likeness (QED) is 0.794. The van der Waals surface area contributed by atoms with E-state index in [1.54, 1.807) is 6.07 Å². The minimum atomic E-state index is -0.0989. The van der Waals surface area contributed by atoms with Crippen molar-refractivity contribution in [3.05, 3.63) is 59.8 Å². The number of aromatic nitrogens is 1. The maximum Gasteiger partial charge on any atom is 0.221 e. The molecule has 0 bridgehead atoms. The van der Waals surface area contributed by atoms with Crippen LogP contribution in [0.1, 0.15) is 18.2 Å². The van der Waals surface area contributed by atoms with Gasteiger partial charge in [-0.25, -0.2) is 0 Å². The summed E-state index contributed by atoms with van der Waals surface area (Å²) >= 11 is 0. The van der Waals surface area contributed by atoms with Crippen LogP contribution < -0.4 is 5.32 Å². The standard InChI is InChI=1S/C17H16N2O2/c1-12(20)18-14-8-9-15-16(19-21-17(15)11-14)10-7-13-5-3-2-4-6-13/h2-6,8-9,11H,7,10H2,1H3,(H,18,20). The lowest BCUT2D eigenvalue weighted by Crippen LogP contribution is -2.05. The van der Waals surface area contributed by atoms with E-state index in [1.807, 2.05) is 30.3 Å². The van der Waals surface area contributed by atoms with E-state index in [-0.39, 0.29) is 5.91 Å². The van der Waals surface area contributed by atoms with Crippen molar-refractivity contribution in [3.8, 4) is 0 Å². The van der Waals surface area contributed by atoms with Crippen LogP contribution in [0.15, 0.2) is 53.1 Å². The molecule has 1 N–H and O–H groups in total. The van der Waals surface area contributed by atoms with Crippen LogP contribution in [0.2, 0.25) is 0 Å². The second kappa shape index (κ2) is 5.79. The molecule has 1 aromatic heterocycles. The molecule has 0 aliphatic heterocycles. The zero-order valence-corrected chi connectivity index (χ0v) is 11.8. The highest BCUT2D eigenvalue weighted by atomic mass is 16.5. The van der Waals surface area contributed by atoms with Crippen LogP contribution in [-0.2, 0) is 17.6 Å². The van der Waals surface area contributed by atoms with Gasteiger partial charge < -0.3 is 9.84 Å². The number of fused-ring (bicyclic) bond motifs is 1. The Bertz CT molecular complexity index is 763. The number of nitrogens with one attached hydrogen (secondary N) is 1. The van der Waals surface area contributed by atoms with Gasteiger partial charge in [0, 0.05) is 24.1 Å². The predicted octanol–water partition coefficient (Wildman–Crippen LogP) is 3.57. The number of hydrogen-bond donors (Lipinski definition) is 1. The topological polar surface area (TPSA) is 55.1 Å². The zero-order valence-electron chi connectivity index (χ0n) is 11.8. The van der Waals surface area contributed by atoms with Gasteiger partial charge in [0.05, 0.1) is 5.69 Å². The summed E-state index contributed by atoms with van der Waals surface area (Å²) in [6, 6.07) is 15.9. The molecule has 0 saturated carbocycles. The first-order chi connectivity index (χ1) is 10.2. The minimum Gasteiger partial charge on any atom is -0.356 e. The molecule has 106 valence electrons. The number of carbonyl (C=O) groups excluding carboxylic acids is 1. The molecular formula is C17H16N2O2. The maximum atomic E-state index is 11.1. The average Bonchev–Trinajstić information content (AvgIpc) is 2.88. The summed E-state index contributed by atoms with van der Waals surface area (Å²) in [6.45, 7) is 1.48. The van der Waals surface area contributed by atoms with Gasteiger partial charge in [-0.2, -0.15) is 0 Å². The Morgan fingerprint density at radius 1 is 1.14 bits per heavy atom. The molecule has 3 rings (SSSR count). The number of carbonyl (C=O) groups is 1. The molecular weight excluding hydrogens is 264 g/mol. The van der Waals surface area contributed by atoms with E-state index in [1.165, 1.54) is 12.5 Å². The second-order valence-electron chi connectivity index (χ2n) is 5.01. The lowest BCUT2D eigenvalue weighted by Gasteiger charge is -2.01. The van der Waals surface area contributed by atoms with Crippen molar-refractivity contribution in [3.63, 3.8) is 0 Å². The first-order valence-corrected chi connectivity index (χ1v) is 6.92. The van der Waals surface area contributed by atoms with E-state index in [0.29, 0.717) is 5.58 Å². The molecule has 0 aliphatic carbocycles. The molecule has 3 aromatic rings. The molecule has 0 unspecified atom stereocenters. The van der Waals surface area contributed by atoms with E-state index in [9.17, 15) is 4.79 Å². The number of rotatable bonds is 4. The van der Waals surface area contributed by atoms with Crippen molar-refractivity contribution in [1.82, 2.24) is 5.16 Å². The largest absolute Gasteiger partial charge is 0.356 e. The van der Waals surface area contributed by atoms with Gasteiger partial charge in [0.25, 0.3) is 0 Å². The predicted molar refractivity (Wildman–Crippen MR) is 82.2 cm³/mol. The second-order valence-corrected chi connectivity index (χ2v) is 5.01. The first kappa shape index (κ1) is 13.4. The monoisotopic (exact) mass is 280 g/mol. The molecule has 0 spiro atoms. The Kier molecular flexibility index (Phi) is 3.69. The van der Waals surface area contributed by atoms with Gasteiger partial charge in [0.15, 0.2) is 5.58 Å². The minimum absolute atomic E-state index is 0.0989. The van der Waals surface area contributed by atoms with Crippen molar-refractivity contribution in [2.45, 2.75) is 19.8 Å². The molecule has 0 radical (unpaired) electrons. The fourth-order valence-electron chi connectivity index (χ4n) is 2.36. The first-order valence-electron chi connectivity index (χ1n) is 6.92. The molecule has 0 atom stereocenters. The third-order valence-electron chi connectivity index (χ3n) is 3.36. The lowest BCUT2D eigenvalue weighted by molar-refractivity contribution is -0.114. The van der Waals surface area contributed by atoms with Crippen LogP contribution in [-0.4, -0.2) is 11.1 Å². The Hall–Kier alpha value is -2.62. The van der Waals surface area contributed by atoms with Crippen molar-refractivity contribution in [2.75, 3.05) is 5.32 Å². The van der Waals surface area contributed by atoms with Gasteiger partial charge in [-0.15, -0.1) is 0 Å². The molecule has 2 aromatic carbocycles. The van der Waals surface area contributed by atoms with E-state index < -0.39 is 0 Å². The van der Waals surface area contributed by atoms with Crippen molar-refractivity contribution >= 4 is 22.6 Å². The number of aryl methyl sites for hydroxylation is 2. The Morgan fingerprint density at radius 2 is 1.95 bits per heavy atom. The van der Waals surface area contributed by atoms with E-state index >= 15 is 0 Å². The third kappa shape index (κ3) is 3.11. The van der Waals surface area contributed by atoms with Crippen LogP contribution in [0.4, 0.5) is 5.69 Å². The highest BCUT2D eigenvalue weighted by Crippen LogP contribution is 2.23. The number of anilines is 1. The van der Waals surface area contributed by atoms with Crippen molar-refractivity contribution in [2.24, 2.45) is 0 Å². The van der Waals surface area contributed by atoms with Gasteiger partial charge >= 0.3 is 0 Å². The van der Waals surface area contributed by atoms with Crippen LogP contribution in [0.25, 0.3) is 11.0 Å². The molecule has 4 nitrogen and oxygen atoms in total. The normalized spacial score (nSPS) is 10.7. The lowest BCUT2D eigenvalue weighted by atomic mass is 10.1. The van der Waals surface area contributed by atoms with Gasteiger partial charge in [0.1, 0.15) is 0 Å². The van der Waals surface area contributed by atoms with E-state index in [2.05, 4.69) is 22.6 Å². The maximum absolute atomic E-state index is 11.1. The van der Waals surface area contributed by atoms with Gasteiger partial charge in [0.2, 0.25) is 5.91 Å². The summed E-state index contributed by atoms with van der Waals surface area (Å²) in [5.74, 6) is -0.0989. The van der Waals surface area contributed by atoms with Crippen LogP contribution in [0, 0.1) is 0 Å². The molecule has 0 saturated heterocycles. The fraction of sp³-hybridized carbons (Fsp3) is 0.176. The summed E-state index contributed by atoms with van der Waals surface area (Å²) < 4.78 is 5.36. The number of benzene rings is 2. The summed E-state index contributed by atoms with van der Waals surface area (Å²) in [5.41, 5.74) is 3.65. The third-order valence-corrected chi connectivity index (χ3v) is 3.36. The van der Waals surface area contributed by atoms with E-state index in [4.69, 9.17) is 4.52 Å². The van der Waals surface area contributed by atoms with Gasteiger partial charge in [-0.05, 0) is 30.5 Å². The SMILES string of the molecule is CC(=O)Nc1ccc2c(CCc3ccccc3)noc2c1. The number of hydrogen-bond acceptors (Lipinski definition) is 3. The van der Waals surface area contributed by atoms with E-state index in [0.717, 1.165) is 29.6 Å². The highest BCUT2D eigenvalue weighted by molar-refractivity contribution is 5.92. The Morgan fingerprint density at radius 3 is 2.71 bits per heavy atom. The molecule has 0 aliphatic rings. The number of amides is 1. The molecule has 0 fully saturated rings. The molecule has 1 heterocycles. The van der Waals surface area contributed by atoms with Crippen molar-refractivity contribution in [1.29, 1.82) is 0 Å². The van der Waals surface area contributed by atoms with Crippen molar-refractivity contribution < 1.29 is 9.32 Å². The Labute approximate surface area is 122 Å². The smallest absolute Gasteiger partial charge is 0.221 e. The molecule has 4 heteroatoms. The summed E-state index contributed by atoms with van der Waals surface area (Å²) in [4.78, 5) is 11.1. The summed E-state index contributed by atoms with van der Waals surface area (Å²) in [5, 5.41) is 7.88.